The lowest BCUT2D eigenvalue weighted by Gasteiger charge is -2.26. The smallest absolute Gasteiger partial charge is 0.126 e. The van der Waals surface area contributed by atoms with E-state index < -0.39 is 0 Å². The van der Waals surface area contributed by atoms with Crippen LogP contribution < -0.4 is 5.32 Å². The van der Waals surface area contributed by atoms with Crippen molar-refractivity contribution in [3.63, 3.8) is 0 Å². The zero-order valence-corrected chi connectivity index (χ0v) is 10.7. The fraction of sp³-hybridized carbons (Fsp3) is 0.500. The second kappa shape index (κ2) is 4.98. The van der Waals surface area contributed by atoms with Gasteiger partial charge in [-0.15, -0.1) is 0 Å². The molecule has 96 valence electrons. The first-order valence-corrected chi connectivity index (χ1v) is 6.65. The van der Waals surface area contributed by atoms with E-state index in [4.69, 9.17) is 4.42 Å². The first-order valence-electron chi connectivity index (χ1n) is 6.65. The summed E-state index contributed by atoms with van der Waals surface area (Å²) in [6.07, 6.45) is 9.36. The Balaban J connectivity index is 1.86. The second-order valence-corrected chi connectivity index (χ2v) is 4.92. The van der Waals surface area contributed by atoms with Crippen LogP contribution in [0.3, 0.4) is 0 Å². The minimum Gasteiger partial charge on any atom is -0.467 e. The number of piperidine rings is 1. The van der Waals surface area contributed by atoms with Gasteiger partial charge in [-0.05, 0) is 38.4 Å². The van der Waals surface area contributed by atoms with Crippen molar-refractivity contribution in [1.29, 1.82) is 0 Å². The molecular weight excluding hydrogens is 226 g/mol. The molecule has 2 unspecified atom stereocenters. The Morgan fingerprint density at radius 3 is 3.17 bits per heavy atom. The van der Waals surface area contributed by atoms with Crippen LogP contribution >= 0.6 is 0 Å². The molecule has 4 heteroatoms. The molecule has 2 aromatic heterocycles. The van der Waals surface area contributed by atoms with Gasteiger partial charge in [0.1, 0.15) is 5.76 Å². The Morgan fingerprint density at radius 2 is 2.44 bits per heavy atom. The molecule has 2 atom stereocenters. The lowest BCUT2D eigenvalue weighted by atomic mass is 10.0. The van der Waals surface area contributed by atoms with Crippen molar-refractivity contribution in [3.05, 3.63) is 42.4 Å². The van der Waals surface area contributed by atoms with Crippen molar-refractivity contribution in [2.45, 2.75) is 38.3 Å². The minimum absolute atomic E-state index is 0.196. The molecule has 0 radical (unpaired) electrons. The first-order chi connectivity index (χ1) is 8.86. The van der Waals surface area contributed by atoms with E-state index in [2.05, 4.69) is 21.8 Å². The Labute approximate surface area is 107 Å². The molecule has 1 N–H and O–H groups in total. The van der Waals surface area contributed by atoms with Crippen LogP contribution in [0.5, 0.6) is 0 Å². The quantitative estimate of drug-likeness (QED) is 0.904. The van der Waals surface area contributed by atoms with Gasteiger partial charge in [0, 0.05) is 12.2 Å². The van der Waals surface area contributed by atoms with Crippen LogP contribution in [-0.4, -0.2) is 16.1 Å². The molecule has 0 saturated carbocycles. The summed E-state index contributed by atoms with van der Waals surface area (Å²) in [5.41, 5.74) is 1.26. The summed E-state index contributed by atoms with van der Waals surface area (Å²) in [5.74, 6) is 0.977. The summed E-state index contributed by atoms with van der Waals surface area (Å²) < 4.78 is 7.70. The van der Waals surface area contributed by atoms with Gasteiger partial charge in [-0.3, -0.25) is 0 Å². The highest BCUT2D eigenvalue weighted by atomic mass is 16.3. The molecule has 0 aromatic carbocycles. The first kappa shape index (κ1) is 11.5. The van der Waals surface area contributed by atoms with Crippen LogP contribution in [0.1, 0.15) is 49.7 Å². The number of nitrogens with one attached hydrogen (secondary N) is 1. The van der Waals surface area contributed by atoms with Crippen molar-refractivity contribution >= 4 is 0 Å². The number of aromatic nitrogens is 2. The Morgan fingerprint density at radius 1 is 1.50 bits per heavy atom. The van der Waals surface area contributed by atoms with Crippen LogP contribution in [0.2, 0.25) is 0 Å². The van der Waals surface area contributed by atoms with Crippen molar-refractivity contribution in [1.82, 2.24) is 14.9 Å². The van der Waals surface area contributed by atoms with E-state index in [9.17, 15) is 0 Å². The average molecular weight is 245 g/mol. The van der Waals surface area contributed by atoms with Gasteiger partial charge >= 0.3 is 0 Å². The van der Waals surface area contributed by atoms with Gasteiger partial charge in [-0.2, -0.15) is 0 Å². The van der Waals surface area contributed by atoms with Crippen LogP contribution in [0.25, 0.3) is 0 Å². The predicted octanol–water partition coefficient (Wildman–Crippen LogP) is 2.90. The molecule has 2 aromatic rings. The van der Waals surface area contributed by atoms with E-state index in [-0.39, 0.29) is 6.04 Å². The van der Waals surface area contributed by atoms with E-state index in [0.29, 0.717) is 6.04 Å². The lowest BCUT2D eigenvalue weighted by Crippen LogP contribution is -2.29. The Hall–Kier alpha value is -1.55. The largest absolute Gasteiger partial charge is 0.467 e. The summed E-state index contributed by atoms with van der Waals surface area (Å²) >= 11 is 0. The molecule has 1 aliphatic heterocycles. The SMILES string of the molecule is CC(c1ccco1)n1cncc1C1CCCCN1. The molecule has 3 heterocycles. The molecule has 18 heavy (non-hydrogen) atoms. The van der Waals surface area contributed by atoms with Gasteiger partial charge in [0.15, 0.2) is 0 Å². The molecular formula is C14H19N3O. The molecule has 1 saturated heterocycles. The molecule has 0 amide bonds. The van der Waals surface area contributed by atoms with Gasteiger partial charge < -0.3 is 14.3 Å². The maximum Gasteiger partial charge on any atom is 0.126 e. The third kappa shape index (κ3) is 2.08. The van der Waals surface area contributed by atoms with Gasteiger partial charge in [0.05, 0.1) is 24.3 Å². The molecule has 0 aliphatic carbocycles. The molecule has 4 nitrogen and oxygen atoms in total. The van der Waals surface area contributed by atoms with Gasteiger partial charge in [-0.1, -0.05) is 6.42 Å². The minimum atomic E-state index is 0.196. The maximum atomic E-state index is 5.49. The predicted molar refractivity (Wildman–Crippen MR) is 69.3 cm³/mol. The number of hydrogen-bond donors (Lipinski definition) is 1. The molecule has 3 rings (SSSR count). The highest BCUT2D eigenvalue weighted by Gasteiger charge is 2.21. The molecule has 1 aliphatic rings. The lowest BCUT2D eigenvalue weighted by molar-refractivity contribution is 0.376. The summed E-state index contributed by atoms with van der Waals surface area (Å²) in [5, 5.41) is 3.57. The van der Waals surface area contributed by atoms with Crippen LogP contribution in [0, 0.1) is 0 Å². The highest BCUT2D eigenvalue weighted by molar-refractivity contribution is 5.13. The third-order valence-electron chi connectivity index (χ3n) is 3.74. The van der Waals surface area contributed by atoms with E-state index in [1.807, 2.05) is 24.7 Å². The van der Waals surface area contributed by atoms with Crippen LogP contribution in [0.4, 0.5) is 0 Å². The summed E-state index contributed by atoms with van der Waals surface area (Å²) in [6.45, 7) is 3.25. The fourth-order valence-corrected chi connectivity index (χ4v) is 2.68. The average Bonchev–Trinajstić information content (AvgIpc) is 3.10. The van der Waals surface area contributed by atoms with Crippen LogP contribution in [0.15, 0.2) is 35.3 Å². The molecule has 0 bridgehead atoms. The Bertz CT molecular complexity index is 483. The third-order valence-corrected chi connectivity index (χ3v) is 3.74. The van der Waals surface area contributed by atoms with Gasteiger partial charge in [0.2, 0.25) is 0 Å². The van der Waals surface area contributed by atoms with Crippen molar-refractivity contribution in [2.75, 3.05) is 6.54 Å². The Kier molecular flexibility index (Phi) is 3.19. The highest BCUT2D eigenvalue weighted by Crippen LogP contribution is 2.27. The number of imidazole rings is 1. The molecule has 0 spiro atoms. The zero-order chi connectivity index (χ0) is 12.4. The van der Waals surface area contributed by atoms with E-state index in [0.717, 1.165) is 12.3 Å². The normalized spacial score (nSPS) is 21.9. The van der Waals surface area contributed by atoms with E-state index in [1.54, 1.807) is 6.26 Å². The maximum absolute atomic E-state index is 5.49. The van der Waals surface area contributed by atoms with Crippen LogP contribution in [-0.2, 0) is 0 Å². The fourth-order valence-electron chi connectivity index (χ4n) is 2.68. The number of nitrogens with zero attached hydrogens (tertiary/aromatic N) is 2. The van der Waals surface area contributed by atoms with E-state index >= 15 is 0 Å². The van der Waals surface area contributed by atoms with Crippen molar-refractivity contribution < 1.29 is 4.42 Å². The standard InChI is InChI=1S/C14H19N3O/c1-11(14-6-4-8-18-14)17-10-15-9-13(17)12-5-2-3-7-16-12/h4,6,8-12,16H,2-3,5,7H2,1H3. The summed E-state index contributed by atoms with van der Waals surface area (Å²) in [6, 6.07) is 4.57. The topological polar surface area (TPSA) is 43.0 Å². The van der Waals surface area contributed by atoms with Crippen molar-refractivity contribution in [2.24, 2.45) is 0 Å². The van der Waals surface area contributed by atoms with Crippen molar-refractivity contribution in [3.8, 4) is 0 Å². The number of hydrogen-bond acceptors (Lipinski definition) is 3. The second-order valence-electron chi connectivity index (χ2n) is 4.92. The van der Waals surface area contributed by atoms with E-state index in [1.165, 1.54) is 25.0 Å². The molecule has 1 fully saturated rings. The monoisotopic (exact) mass is 245 g/mol. The summed E-state index contributed by atoms with van der Waals surface area (Å²) in [4.78, 5) is 4.31. The number of rotatable bonds is 3. The zero-order valence-electron chi connectivity index (χ0n) is 10.7. The van der Waals surface area contributed by atoms with Gasteiger partial charge in [-0.25, -0.2) is 4.98 Å². The number of furan rings is 1. The van der Waals surface area contributed by atoms with Gasteiger partial charge in [0.25, 0.3) is 0 Å². The summed E-state index contributed by atoms with van der Waals surface area (Å²) in [7, 11) is 0.